The minimum Gasteiger partial charge on any atom is -0.473 e. The number of carboxylic acid groups (broad SMARTS) is 2. The van der Waals surface area contributed by atoms with Gasteiger partial charge in [-0.2, -0.15) is 0 Å². The lowest BCUT2D eigenvalue weighted by Crippen LogP contribution is -2.35. The number of hydrogen-bond acceptors (Lipinski definition) is 6. The summed E-state index contributed by atoms with van der Waals surface area (Å²) in [5, 5.41) is 20.9. The number of anilines is 2. The molecule has 0 radical (unpaired) electrons. The van der Waals surface area contributed by atoms with Gasteiger partial charge >= 0.3 is 11.9 Å². The molecule has 2 heterocycles. The maximum atomic E-state index is 12.0. The molecule has 2 aromatic carbocycles. The summed E-state index contributed by atoms with van der Waals surface area (Å²) in [6, 6.07) is 20.6. The minimum absolute atomic E-state index is 0.00473. The van der Waals surface area contributed by atoms with Gasteiger partial charge in [-0.15, -0.1) is 0 Å². The van der Waals surface area contributed by atoms with Crippen molar-refractivity contribution in [2.75, 3.05) is 24.5 Å². The average Bonchev–Trinajstić information content (AvgIpc) is 3.32. The first-order chi connectivity index (χ1) is 17.0. The molecule has 1 aliphatic heterocycles. The average molecular weight is 478 g/mol. The molecular weight excluding hydrogens is 450 g/mol. The lowest BCUT2D eigenvalue weighted by molar-refractivity contribution is -0.159. The summed E-state index contributed by atoms with van der Waals surface area (Å²) < 4.78 is 5.24. The second kappa shape index (κ2) is 12.8. The summed E-state index contributed by atoms with van der Waals surface area (Å²) in [7, 11) is 0. The first-order valence-corrected chi connectivity index (χ1v) is 11.1. The zero-order chi connectivity index (χ0) is 25.0. The summed E-state index contributed by atoms with van der Waals surface area (Å²) in [6.45, 7) is 2.29. The smallest absolute Gasteiger partial charge is 0.414 e. The van der Waals surface area contributed by atoms with E-state index < -0.39 is 11.9 Å². The minimum atomic E-state index is -1.82. The Morgan fingerprint density at radius 1 is 0.829 bits per heavy atom. The predicted molar refractivity (Wildman–Crippen MR) is 132 cm³/mol. The number of carbonyl (C=O) groups excluding carboxylic acids is 1. The van der Waals surface area contributed by atoms with Gasteiger partial charge in [0.05, 0.1) is 19.4 Å². The van der Waals surface area contributed by atoms with Crippen molar-refractivity contribution in [1.29, 1.82) is 0 Å². The fourth-order valence-corrected chi connectivity index (χ4v) is 3.54. The van der Waals surface area contributed by atoms with E-state index in [-0.39, 0.29) is 12.5 Å². The van der Waals surface area contributed by atoms with E-state index in [4.69, 9.17) is 24.2 Å². The van der Waals surface area contributed by atoms with E-state index >= 15 is 0 Å². The van der Waals surface area contributed by atoms with Crippen molar-refractivity contribution < 1.29 is 29.0 Å². The molecule has 0 saturated carbocycles. The first-order valence-electron chi connectivity index (χ1n) is 11.1. The van der Waals surface area contributed by atoms with Crippen LogP contribution in [-0.2, 0) is 20.9 Å². The summed E-state index contributed by atoms with van der Waals surface area (Å²) in [5.41, 5.74) is 4.80. The quantitative estimate of drug-likeness (QED) is 0.287. The second-order valence-electron chi connectivity index (χ2n) is 7.60. The normalized spacial score (nSPS) is 11.4. The van der Waals surface area contributed by atoms with E-state index in [9.17, 15) is 4.79 Å². The van der Waals surface area contributed by atoms with Gasteiger partial charge in [0.25, 0.3) is 0 Å². The first kappa shape index (κ1) is 25.3. The van der Waals surface area contributed by atoms with Gasteiger partial charge in [-0.1, -0.05) is 48.6 Å². The number of para-hydroxylation sites is 2. The van der Waals surface area contributed by atoms with Gasteiger partial charge in [-0.05, 0) is 41.8 Å². The standard InChI is InChI=1S/C24H25N3O2.C2H2O4/c28-24(18-25-17-21-9-5-16-29-21)26-14-6-15-27-22-10-3-1-7-19(22)12-13-20-8-2-4-11-23(20)27;3-1(4)2(5)6/h1-5,7-13,16,25H,6,14-15,17-18H2,(H,26,28);(H,3,4)(H,5,6). The third kappa shape index (κ3) is 7.58. The van der Waals surface area contributed by atoms with Crippen LogP contribution in [0.4, 0.5) is 11.4 Å². The molecule has 1 aliphatic rings. The van der Waals surface area contributed by atoms with Crippen molar-refractivity contribution in [1.82, 2.24) is 10.6 Å². The number of hydrogen-bond donors (Lipinski definition) is 4. The van der Waals surface area contributed by atoms with E-state index in [1.807, 2.05) is 12.1 Å². The molecule has 0 fully saturated rings. The van der Waals surface area contributed by atoms with Gasteiger partial charge in [-0.3, -0.25) is 4.79 Å². The fraction of sp³-hybridized carbons (Fsp3) is 0.192. The SMILES string of the molecule is O=C(CNCc1ccco1)NCCCN1c2ccccc2C=Cc2ccccc21.O=C(O)C(=O)O. The Morgan fingerprint density at radius 2 is 1.43 bits per heavy atom. The second-order valence-corrected chi connectivity index (χ2v) is 7.60. The number of rotatable bonds is 8. The van der Waals surface area contributed by atoms with E-state index in [1.165, 1.54) is 22.5 Å². The van der Waals surface area contributed by atoms with Crippen LogP contribution < -0.4 is 15.5 Å². The molecule has 9 heteroatoms. The topological polar surface area (TPSA) is 132 Å². The Kier molecular flexibility index (Phi) is 9.21. The number of nitrogens with zero attached hydrogens (tertiary/aromatic N) is 1. The maximum absolute atomic E-state index is 12.0. The number of carbonyl (C=O) groups is 3. The number of furan rings is 1. The van der Waals surface area contributed by atoms with Crippen molar-refractivity contribution in [2.24, 2.45) is 0 Å². The van der Waals surface area contributed by atoms with E-state index in [0.29, 0.717) is 13.1 Å². The van der Waals surface area contributed by atoms with Crippen LogP contribution in [0.25, 0.3) is 12.2 Å². The molecule has 0 spiro atoms. The molecule has 35 heavy (non-hydrogen) atoms. The predicted octanol–water partition coefficient (Wildman–Crippen LogP) is 3.35. The lowest BCUT2D eigenvalue weighted by atomic mass is 10.1. The summed E-state index contributed by atoms with van der Waals surface area (Å²) in [6.07, 6.45) is 6.82. The van der Waals surface area contributed by atoms with Crippen LogP contribution in [0.1, 0.15) is 23.3 Å². The highest BCUT2D eigenvalue weighted by atomic mass is 16.4. The number of aliphatic carboxylic acids is 2. The molecule has 0 atom stereocenters. The summed E-state index contributed by atoms with van der Waals surface area (Å²) >= 11 is 0. The van der Waals surface area contributed by atoms with Crippen LogP contribution in [0.15, 0.2) is 71.3 Å². The molecule has 0 aliphatic carbocycles. The molecule has 182 valence electrons. The third-order valence-corrected chi connectivity index (χ3v) is 5.13. The third-order valence-electron chi connectivity index (χ3n) is 5.13. The van der Waals surface area contributed by atoms with Gasteiger partial charge in [0, 0.05) is 24.5 Å². The van der Waals surface area contributed by atoms with E-state index in [2.05, 4.69) is 76.2 Å². The molecule has 4 rings (SSSR count). The molecular formula is C26H27N3O6. The van der Waals surface area contributed by atoms with Gasteiger partial charge in [-0.25, -0.2) is 9.59 Å². The molecule has 3 aromatic rings. The van der Waals surface area contributed by atoms with Crippen molar-refractivity contribution in [3.63, 3.8) is 0 Å². The molecule has 4 N–H and O–H groups in total. The number of carboxylic acids is 2. The highest BCUT2D eigenvalue weighted by molar-refractivity contribution is 6.27. The molecule has 1 aromatic heterocycles. The number of fused-ring (bicyclic) bond motifs is 2. The molecule has 0 unspecified atom stereocenters. The van der Waals surface area contributed by atoms with Gasteiger partial charge in [0.2, 0.25) is 5.91 Å². The Morgan fingerprint density at radius 3 is 1.97 bits per heavy atom. The van der Waals surface area contributed by atoms with Crippen LogP contribution in [0.2, 0.25) is 0 Å². The van der Waals surface area contributed by atoms with Crippen LogP contribution in [0.3, 0.4) is 0 Å². The Hall–Kier alpha value is -4.37. The molecule has 1 amide bonds. The number of benzene rings is 2. The number of nitrogens with one attached hydrogen (secondary N) is 2. The highest BCUT2D eigenvalue weighted by Gasteiger charge is 2.17. The maximum Gasteiger partial charge on any atom is 0.414 e. The zero-order valence-corrected chi connectivity index (χ0v) is 19.0. The van der Waals surface area contributed by atoms with Gasteiger partial charge in [0.1, 0.15) is 5.76 Å². The van der Waals surface area contributed by atoms with Crippen LogP contribution in [0, 0.1) is 0 Å². The van der Waals surface area contributed by atoms with Crippen molar-refractivity contribution in [2.45, 2.75) is 13.0 Å². The lowest BCUT2D eigenvalue weighted by Gasteiger charge is -2.27. The Labute approximate surface area is 202 Å². The highest BCUT2D eigenvalue weighted by Crippen LogP contribution is 2.35. The van der Waals surface area contributed by atoms with Crippen molar-refractivity contribution in [3.8, 4) is 0 Å². The van der Waals surface area contributed by atoms with Crippen molar-refractivity contribution >= 4 is 41.4 Å². The van der Waals surface area contributed by atoms with E-state index in [0.717, 1.165) is 18.7 Å². The fourth-order valence-electron chi connectivity index (χ4n) is 3.54. The molecule has 0 saturated heterocycles. The largest absolute Gasteiger partial charge is 0.473 e. The molecule has 9 nitrogen and oxygen atoms in total. The van der Waals surface area contributed by atoms with Crippen molar-refractivity contribution in [3.05, 3.63) is 83.8 Å². The zero-order valence-electron chi connectivity index (χ0n) is 19.0. The number of amides is 1. The Bertz CT molecular complexity index is 1110. The van der Waals surface area contributed by atoms with Gasteiger partial charge in [0.15, 0.2) is 0 Å². The van der Waals surface area contributed by atoms with Crippen LogP contribution >= 0.6 is 0 Å². The van der Waals surface area contributed by atoms with E-state index in [1.54, 1.807) is 6.26 Å². The van der Waals surface area contributed by atoms with Gasteiger partial charge < -0.3 is 30.2 Å². The monoisotopic (exact) mass is 477 g/mol. The van der Waals surface area contributed by atoms with Crippen LogP contribution in [0.5, 0.6) is 0 Å². The summed E-state index contributed by atoms with van der Waals surface area (Å²) in [4.78, 5) is 32.6. The summed E-state index contributed by atoms with van der Waals surface area (Å²) in [5.74, 6) is -2.83. The van der Waals surface area contributed by atoms with Crippen LogP contribution in [-0.4, -0.2) is 47.7 Å². The molecule has 0 bridgehead atoms. The Balaban J connectivity index is 0.000000509.